The van der Waals surface area contributed by atoms with Gasteiger partial charge in [-0.15, -0.1) is 0 Å². The fourth-order valence-electron chi connectivity index (χ4n) is 6.57. The number of hydrogen-bond donors (Lipinski definition) is 0. The topological polar surface area (TPSA) is 35.6 Å². The normalized spacial score (nSPS) is 11.6. The third-order valence-electron chi connectivity index (χ3n) is 8.53. The Morgan fingerprint density at radius 3 is 1.57 bits per heavy atom. The minimum Gasteiger partial charge on any atom is -0.309 e. The zero-order valence-electron chi connectivity index (χ0n) is 23.8. The molecule has 0 aliphatic carbocycles. The van der Waals surface area contributed by atoms with E-state index in [1.807, 2.05) is 36.4 Å². The van der Waals surface area contributed by atoms with Crippen molar-refractivity contribution < 1.29 is 0 Å². The number of nitrogens with zero attached hydrogens (tertiary/aromatic N) is 4. The molecule has 0 aliphatic heterocycles. The van der Waals surface area contributed by atoms with Crippen molar-refractivity contribution >= 4 is 43.6 Å². The van der Waals surface area contributed by atoms with E-state index in [0.29, 0.717) is 0 Å². The molecular formula is C40H26N4. The van der Waals surface area contributed by atoms with Crippen molar-refractivity contribution in [3.63, 3.8) is 0 Å². The summed E-state index contributed by atoms with van der Waals surface area (Å²) >= 11 is 0. The Hall–Kier alpha value is -6.00. The monoisotopic (exact) mass is 562 g/mol. The fraction of sp³-hybridized carbons (Fsp3) is 0. The first kappa shape index (κ1) is 24.6. The van der Waals surface area contributed by atoms with Gasteiger partial charge in [-0.2, -0.15) is 0 Å². The predicted molar refractivity (Wildman–Crippen MR) is 182 cm³/mol. The summed E-state index contributed by atoms with van der Waals surface area (Å²) in [7, 11) is 0. The van der Waals surface area contributed by atoms with Crippen LogP contribution in [0.5, 0.6) is 0 Å². The highest BCUT2D eigenvalue weighted by atomic mass is 15.1. The van der Waals surface area contributed by atoms with Crippen molar-refractivity contribution in [2.45, 2.75) is 0 Å². The van der Waals surface area contributed by atoms with Crippen molar-refractivity contribution in [1.82, 2.24) is 19.1 Å². The van der Waals surface area contributed by atoms with Gasteiger partial charge in [0.25, 0.3) is 0 Å². The van der Waals surface area contributed by atoms with E-state index in [4.69, 9.17) is 9.97 Å². The average molecular weight is 563 g/mol. The van der Waals surface area contributed by atoms with Gasteiger partial charge in [0.05, 0.1) is 39.1 Å². The van der Waals surface area contributed by atoms with Crippen LogP contribution in [0.15, 0.2) is 158 Å². The smallest absolute Gasteiger partial charge is 0.138 e. The Bertz CT molecular complexity index is 2490. The van der Waals surface area contributed by atoms with Gasteiger partial charge in [0.2, 0.25) is 0 Å². The summed E-state index contributed by atoms with van der Waals surface area (Å²) in [5.74, 6) is 0.867. The third-order valence-corrected chi connectivity index (χ3v) is 8.53. The number of rotatable bonds is 4. The van der Waals surface area contributed by atoms with Crippen molar-refractivity contribution in [2.75, 3.05) is 0 Å². The van der Waals surface area contributed by atoms with Crippen LogP contribution in [-0.2, 0) is 0 Å². The van der Waals surface area contributed by atoms with E-state index < -0.39 is 0 Å². The molecule has 0 saturated heterocycles. The second-order valence-electron chi connectivity index (χ2n) is 11.1. The highest BCUT2D eigenvalue weighted by Crippen LogP contribution is 2.39. The van der Waals surface area contributed by atoms with E-state index in [0.717, 1.165) is 45.2 Å². The summed E-state index contributed by atoms with van der Waals surface area (Å²) in [6.45, 7) is 0. The van der Waals surface area contributed by atoms with Gasteiger partial charge in [0.15, 0.2) is 0 Å². The predicted octanol–water partition coefficient (Wildman–Crippen LogP) is 10.0. The summed E-state index contributed by atoms with van der Waals surface area (Å²) in [6.07, 6.45) is 0. The quantitative estimate of drug-likeness (QED) is 0.214. The first-order chi connectivity index (χ1) is 21.8. The number of hydrogen-bond acceptors (Lipinski definition) is 2. The van der Waals surface area contributed by atoms with Gasteiger partial charge in [-0.05, 0) is 60.7 Å². The summed E-state index contributed by atoms with van der Waals surface area (Å²) in [5, 5.41) is 4.85. The minimum atomic E-state index is 0.841. The van der Waals surface area contributed by atoms with Gasteiger partial charge >= 0.3 is 0 Å². The number of aromatic nitrogens is 4. The second-order valence-corrected chi connectivity index (χ2v) is 11.1. The van der Waals surface area contributed by atoms with E-state index >= 15 is 0 Å². The van der Waals surface area contributed by atoms with Gasteiger partial charge in [0.1, 0.15) is 5.82 Å². The summed E-state index contributed by atoms with van der Waals surface area (Å²) in [5.41, 5.74) is 9.51. The van der Waals surface area contributed by atoms with E-state index in [1.165, 1.54) is 32.6 Å². The molecule has 0 spiro atoms. The fourth-order valence-corrected chi connectivity index (χ4v) is 6.57. The third kappa shape index (κ3) is 3.78. The first-order valence-corrected chi connectivity index (χ1v) is 14.9. The molecule has 0 aliphatic rings. The summed E-state index contributed by atoms with van der Waals surface area (Å²) < 4.78 is 4.67. The molecule has 4 heteroatoms. The zero-order chi connectivity index (χ0) is 29.0. The lowest BCUT2D eigenvalue weighted by molar-refractivity contribution is 1.08. The molecule has 0 saturated carbocycles. The number of fused-ring (bicyclic) bond motifs is 6. The van der Waals surface area contributed by atoms with Crippen LogP contribution < -0.4 is 0 Å². The molecule has 4 aromatic heterocycles. The maximum absolute atomic E-state index is 5.21. The van der Waals surface area contributed by atoms with Gasteiger partial charge in [-0.25, -0.2) is 9.97 Å². The molecule has 0 amide bonds. The van der Waals surface area contributed by atoms with Crippen molar-refractivity contribution in [1.29, 1.82) is 0 Å². The van der Waals surface area contributed by atoms with E-state index in [-0.39, 0.29) is 0 Å². The SMILES string of the molecule is c1ccc(-c2cccc(-c3cccc(-n4c5ccccc5c5cc6c(cc54)c4ccccc4n6-c4ccccc4)n3)n2)cc1. The molecule has 206 valence electrons. The Morgan fingerprint density at radius 1 is 0.341 bits per heavy atom. The van der Waals surface area contributed by atoms with Crippen molar-refractivity contribution in [3.05, 3.63) is 158 Å². The highest BCUT2D eigenvalue weighted by Gasteiger charge is 2.19. The second kappa shape index (κ2) is 9.79. The van der Waals surface area contributed by atoms with Crippen LogP contribution in [0.1, 0.15) is 0 Å². The molecule has 5 aromatic carbocycles. The summed E-state index contributed by atoms with van der Waals surface area (Å²) in [6, 6.07) is 55.2. The van der Waals surface area contributed by atoms with E-state index in [9.17, 15) is 0 Å². The molecule has 0 radical (unpaired) electrons. The molecule has 4 nitrogen and oxygen atoms in total. The van der Waals surface area contributed by atoms with Crippen LogP contribution in [-0.4, -0.2) is 19.1 Å². The number of para-hydroxylation sites is 3. The van der Waals surface area contributed by atoms with Crippen LogP contribution in [0.3, 0.4) is 0 Å². The van der Waals surface area contributed by atoms with Crippen LogP contribution in [0, 0.1) is 0 Å². The molecule has 9 aromatic rings. The van der Waals surface area contributed by atoms with Crippen LogP contribution >= 0.6 is 0 Å². The van der Waals surface area contributed by atoms with Crippen LogP contribution in [0.25, 0.3) is 77.8 Å². The zero-order valence-corrected chi connectivity index (χ0v) is 23.8. The molecule has 0 unspecified atom stereocenters. The largest absolute Gasteiger partial charge is 0.309 e. The van der Waals surface area contributed by atoms with E-state index in [2.05, 4.69) is 130 Å². The van der Waals surface area contributed by atoms with Crippen molar-refractivity contribution in [2.24, 2.45) is 0 Å². The molecule has 44 heavy (non-hydrogen) atoms. The lowest BCUT2D eigenvalue weighted by atomic mass is 10.1. The standard InChI is InChI=1S/C40H26N4/c1-3-13-27(14-4-1)33-19-11-20-34(41-33)35-21-12-24-40(42-35)44-37-23-10-8-18-30(37)32-25-38-31(26-39(32)44)29-17-7-9-22-36(29)43(38)28-15-5-2-6-16-28/h1-26H. The number of benzene rings is 5. The molecule has 0 bridgehead atoms. The molecule has 4 heterocycles. The lowest BCUT2D eigenvalue weighted by Crippen LogP contribution is -1.99. The Kier molecular flexibility index (Phi) is 5.47. The first-order valence-electron chi connectivity index (χ1n) is 14.9. The average Bonchev–Trinajstić information content (AvgIpc) is 3.60. The molecular weight excluding hydrogens is 536 g/mol. The maximum atomic E-state index is 5.21. The van der Waals surface area contributed by atoms with Crippen LogP contribution in [0.4, 0.5) is 0 Å². The Balaban J connectivity index is 1.30. The van der Waals surface area contributed by atoms with Gasteiger partial charge < -0.3 is 4.57 Å². The maximum Gasteiger partial charge on any atom is 0.138 e. The van der Waals surface area contributed by atoms with Crippen LogP contribution in [0.2, 0.25) is 0 Å². The van der Waals surface area contributed by atoms with E-state index in [1.54, 1.807) is 0 Å². The number of pyridine rings is 2. The molecule has 0 N–H and O–H groups in total. The van der Waals surface area contributed by atoms with Gasteiger partial charge in [-0.1, -0.05) is 97.1 Å². The molecule has 0 atom stereocenters. The Labute approximate surface area is 254 Å². The highest BCUT2D eigenvalue weighted by molar-refractivity contribution is 6.18. The Morgan fingerprint density at radius 2 is 0.864 bits per heavy atom. The van der Waals surface area contributed by atoms with Gasteiger partial charge in [-0.3, -0.25) is 4.57 Å². The minimum absolute atomic E-state index is 0.841. The van der Waals surface area contributed by atoms with Crippen molar-refractivity contribution in [3.8, 4) is 34.2 Å². The lowest BCUT2D eigenvalue weighted by Gasteiger charge is -2.10. The van der Waals surface area contributed by atoms with Gasteiger partial charge in [0, 0.05) is 32.8 Å². The molecule has 0 fully saturated rings. The molecule has 9 rings (SSSR count). The summed E-state index contributed by atoms with van der Waals surface area (Å²) in [4.78, 5) is 10.2.